The summed E-state index contributed by atoms with van der Waals surface area (Å²) in [4.78, 5) is 41.1. The molecule has 3 fully saturated rings. The Kier molecular flexibility index (Phi) is 5.63. The smallest absolute Gasteiger partial charge is 0.408 e. The lowest BCUT2D eigenvalue weighted by atomic mass is 9.95. The molecule has 0 bridgehead atoms. The minimum absolute atomic E-state index is 0.224. The standard InChI is InChI=1S/C18H29N3O5S/c1-17(2,3)26-16(25)19-18(11-20-7-5-4-6-8-20)9-13-21(15(18)24)12(10-27-13)14(22)23/h12-13H,4-11H2,1-3H3,(H,19,25)(H,22,23)/t12-,13-,18-/m0/s1. The third-order valence-corrected chi connectivity index (χ3v) is 6.51. The number of likely N-dealkylation sites (tertiary alicyclic amines) is 1. The molecule has 0 aromatic rings. The van der Waals surface area contributed by atoms with Gasteiger partial charge in [0.2, 0.25) is 0 Å². The minimum atomic E-state index is -1.13. The molecular formula is C18H29N3O5S. The van der Waals surface area contributed by atoms with Gasteiger partial charge in [-0.1, -0.05) is 6.42 Å². The average molecular weight is 400 g/mol. The molecule has 27 heavy (non-hydrogen) atoms. The number of hydrogen-bond acceptors (Lipinski definition) is 6. The lowest BCUT2D eigenvalue weighted by Crippen LogP contribution is -2.62. The first-order valence-electron chi connectivity index (χ1n) is 9.52. The van der Waals surface area contributed by atoms with Crippen molar-refractivity contribution in [3.8, 4) is 0 Å². The monoisotopic (exact) mass is 399 g/mol. The summed E-state index contributed by atoms with van der Waals surface area (Å²) >= 11 is 1.47. The number of rotatable bonds is 4. The molecule has 3 rings (SSSR count). The molecule has 0 aliphatic carbocycles. The van der Waals surface area contributed by atoms with Crippen LogP contribution < -0.4 is 5.32 Å². The fourth-order valence-electron chi connectivity index (χ4n) is 4.09. The minimum Gasteiger partial charge on any atom is -0.480 e. The van der Waals surface area contributed by atoms with Gasteiger partial charge in [0.05, 0.1) is 5.37 Å². The first-order valence-corrected chi connectivity index (χ1v) is 10.6. The summed E-state index contributed by atoms with van der Waals surface area (Å²) in [5.41, 5.74) is -1.81. The van der Waals surface area contributed by atoms with E-state index in [0.717, 1.165) is 25.9 Å². The van der Waals surface area contributed by atoms with Crippen molar-refractivity contribution in [3.63, 3.8) is 0 Å². The van der Waals surface area contributed by atoms with Gasteiger partial charge in [0.1, 0.15) is 17.2 Å². The van der Waals surface area contributed by atoms with Crippen LogP contribution in [0.2, 0.25) is 0 Å². The predicted octanol–water partition coefficient (Wildman–Crippen LogP) is 1.49. The molecule has 152 valence electrons. The molecule has 0 aromatic carbocycles. The molecule has 3 aliphatic heterocycles. The van der Waals surface area contributed by atoms with E-state index in [2.05, 4.69) is 10.2 Å². The van der Waals surface area contributed by atoms with E-state index in [0.29, 0.717) is 18.7 Å². The highest BCUT2D eigenvalue weighted by Gasteiger charge is 2.59. The van der Waals surface area contributed by atoms with Crippen LogP contribution in [-0.4, -0.2) is 80.8 Å². The van der Waals surface area contributed by atoms with Crippen molar-refractivity contribution >= 4 is 29.7 Å². The van der Waals surface area contributed by atoms with E-state index >= 15 is 0 Å². The van der Waals surface area contributed by atoms with Crippen LogP contribution in [0.3, 0.4) is 0 Å². The number of carbonyl (C=O) groups is 3. The Morgan fingerprint density at radius 1 is 1.30 bits per heavy atom. The number of fused-ring (bicyclic) bond motifs is 1. The molecule has 3 atom stereocenters. The summed E-state index contributed by atoms with van der Waals surface area (Å²) in [6, 6.07) is -0.837. The number of alkyl carbamates (subject to hydrolysis) is 1. The molecule has 2 amide bonds. The molecular weight excluding hydrogens is 370 g/mol. The van der Waals surface area contributed by atoms with Crippen molar-refractivity contribution < 1.29 is 24.2 Å². The maximum atomic E-state index is 13.4. The van der Waals surface area contributed by atoms with Crippen LogP contribution in [0.1, 0.15) is 46.5 Å². The van der Waals surface area contributed by atoms with Crippen LogP contribution in [0, 0.1) is 0 Å². The number of amides is 2. The molecule has 8 nitrogen and oxygen atoms in total. The summed E-state index contributed by atoms with van der Waals surface area (Å²) in [5, 5.41) is 12.1. The van der Waals surface area contributed by atoms with Crippen molar-refractivity contribution in [2.45, 2.75) is 69.0 Å². The maximum absolute atomic E-state index is 13.4. The van der Waals surface area contributed by atoms with Gasteiger partial charge in [-0.15, -0.1) is 11.8 Å². The Hall–Kier alpha value is -1.48. The van der Waals surface area contributed by atoms with Crippen molar-refractivity contribution in [1.29, 1.82) is 0 Å². The van der Waals surface area contributed by atoms with Crippen molar-refractivity contribution in [2.75, 3.05) is 25.4 Å². The number of carboxylic acid groups (broad SMARTS) is 1. The summed E-state index contributed by atoms with van der Waals surface area (Å²) in [6.45, 7) is 7.47. The number of aliphatic carboxylic acids is 1. The molecule has 0 radical (unpaired) electrons. The molecule has 0 unspecified atom stereocenters. The number of carboxylic acids is 1. The van der Waals surface area contributed by atoms with Gasteiger partial charge in [-0.25, -0.2) is 9.59 Å². The van der Waals surface area contributed by atoms with E-state index in [-0.39, 0.29) is 11.3 Å². The van der Waals surface area contributed by atoms with Crippen molar-refractivity contribution in [2.24, 2.45) is 0 Å². The van der Waals surface area contributed by atoms with Crippen LogP contribution in [-0.2, 0) is 14.3 Å². The summed E-state index contributed by atoms with van der Waals surface area (Å²) in [7, 11) is 0. The van der Waals surface area contributed by atoms with Crippen LogP contribution in [0.15, 0.2) is 0 Å². The van der Waals surface area contributed by atoms with E-state index in [1.54, 1.807) is 20.8 Å². The normalized spacial score (nSPS) is 31.7. The first-order chi connectivity index (χ1) is 12.6. The molecule has 3 heterocycles. The van der Waals surface area contributed by atoms with E-state index in [4.69, 9.17) is 4.74 Å². The number of hydrogen-bond donors (Lipinski definition) is 2. The zero-order chi connectivity index (χ0) is 19.8. The average Bonchev–Trinajstić information content (AvgIpc) is 3.06. The van der Waals surface area contributed by atoms with Gasteiger partial charge in [0.25, 0.3) is 5.91 Å². The quantitative estimate of drug-likeness (QED) is 0.739. The number of carbonyl (C=O) groups excluding carboxylic acids is 2. The lowest BCUT2D eigenvalue weighted by molar-refractivity contribution is -0.148. The van der Waals surface area contributed by atoms with Crippen LogP contribution >= 0.6 is 11.8 Å². The van der Waals surface area contributed by atoms with Crippen LogP contribution in [0.25, 0.3) is 0 Å². The Morgan fingerprint density at radius 3 is 2.56 bits per heavy atom. The van der Waals surface area contributed by atoms with Crippen molar-refractivity contribution in [1.82, 2.24) is 15.1 Å². The van der Waals surface area contributed by atoms with Gasteiger partial charge in [-0.2, -0.15) is 0 Å². The van der Waals surface area contributed by atoms with Gasteiger partial charge >= 0.3 is 12.1 Å². The molecule has 0 aromatic heterocycles. The number of nitrogens with one attached hydrogen (secondary N) is 1. The van der Waals surface area contributed by atoms with Crippen LogP contribution in [0.5, 0.6) is 0 Å². The number of ether oxygens (including phenoxy) is 1. The number of thioether (sulfide) groups is 1. The van der Waals surface area contributed by atoms with Gasteiger partial charge in [0.15, 0.2) is 0 Å². The predicted molar refractivity (Wildman–Crippen MR) is 102 cm³/mol. The van der Waals surface area contributed by atoms with E-state index in [9.17, 15) is 19.5 Å². The second kappa shape index (κ2) is 7.50. The fourth-order valence-corrected chi connectivity index (χ4v) is 5.60. The van der Waals surface area contributed by atoms with Gasteiger partial charge in [0, 0.05) is 18.7 Å². The third-order valence-electron chi connectivity index (χ3n) is 5.23. The third kappa shape index (κ3) is 4.34. The highest BCUT2D eigenvalue weighted by molar-refractivity contribution is 8.00. The van der Waals surface area contributed by atoms with E-state index in [1.165, 1.54) is 23.1 Å². The zero-order valence-corrected chi connectivity index (χ0v) is 17.0. The van der Waals surface area contributed by atoms with Gasteiger partial charge in [-0.05, 0) is 46.7 Å². The first kappa shape index (κ1) is 20.3. The van der Waals surface area contributed by atoms with Crippen LogP contribution in [0.4, 0.5) is 4.79 Å². The van der Waals surface area contributed by atoms with Gasteiger partial charge < -0.3 is 25.0 Å². The largest absolute Gasteiger partial charge is 0.480 e. The Bertz CT molecular complexity index is 617. The fraction of sp³-hybridized carbons (Fsp3) is 0.833. The molecule has 2 N–H and O–H groups in total. The second-order valence-corrected chi connectivity index (χ2v) is 9.82. The molecule has 0 saturated carbocycles. The summed E-state index contributed by atoms with van der Waals surface area (Å²) in [6.07, 6.45) is 3.07. The summed E-state index contributed by atoms with van der Waals surface area (Å²) in [5.74, 6) is -0.913. The van der Waals surface area contributed by atoms with E-state index in [1.807, 2.05) is 0 Å². The SMILES string of the molecule is CC(C)(C)OC(=O)N[C@]1(CN2CCCCC2)C[C@@H]2SC[C@@H](C(=O)O)N2C1=O. The van der Waals surface area contributed by atoms with E-state index < -0.39 is 29.2 Å². The second-order valence-electron chi connectivity index (χ2n) is 8.60. The Labute approximate surface area is 164 Å². The molecule has 3 saturated heterocycles. The molecule has 0 spiro atoms. The van der Waals surface area contributed by atoms with Gasteiger partial charge in [-0.3, -0.25) is 4.79 Å². The Morgan fingerprint density at radius 2 is 1.96 bits per heavy atom. The lowest BCUT2D eigenvalue weighted by Gasteiger charge is -2.37. The van der Waals surface area contributed by atoms with Crippen molar-refractivity contribution in [3.05, 3.63) is 0 Å². The highest BCUT2D eigenvalue weighted by atomic mass is 32.2. The topological polar surface area (TPSA) is 99.2 Å². The zero-order valence-electron chi connectivity index (χ0n) is 16.2. The highest BCUT2D eigenvalue weighted by Crippen LogP contribution is 2.43. The maximum Gasteiger partial charge on any atom is 0.408 e. The number of piperidine rings is 1. The molecule has 3 aliphatic rings. The molecule has 9 heteroatoms. The number of nitrogens with zero attached hydrogens (tertiary/aromatic N) is 2. The Balaban J connectivity index is 1.83. The summed E-state index contributed by atoms with van der Waals surface area (Å²) < 4.78 is 5.40.